The summed E-state index contributed by atoms with van der Waals surface area (Å²) < 4.78 is 27.3. The number of para-hydroxylation sites is 2. The Labute approximate surface area is 185 Å². The Morgan fingerprint density at radius 3 is 1.90 bits per heavy atom. The van der Waals surface area contributed by atoms with Gasteiger partial charge in [0.1, 0.15) is 0 Å². The van der Waals surface area contributed by atoms with E-state index in [9.17, 15) is 0 Å². The lowest BCUT2D eigenvalue weighted by atomic mass is 9.77. The minimum Gasteiger partial charge on any atom is -0.399 e. The van der Waals surface area contributed by atoms with E-state index in [4.69, 9.17) is 23.7 Å². The van der Waals surface area contributed by atoms with Gasteiger partial charge in [0.25, 0.3) is 0 Å². The van der Waals surface area contributed by atoms with Crippen molar-refractivity contribution in [3.63, 3.8) is 0 Å². The van der Waals surface area contributed by atoms with E-state index in [1.54, 1.807) is 12.1 Å². The lowest BCUT2D eigenvalue weighted by Crippen LogP contribution is -2.41. The minimum atomic E-state index is -0.461. The van der Waals surface area contributed by atoms with Crippen molar-refractivity contribution in [1.29, 1.82) is 0 Å². The SMILES string of the molecule is [2H]c1cc(B2OC(C)(C)C(C)(C)O2)c2ccccc2n1.[2H]c1cc(Cl)c2ccccc2n1. The summed E-state index contributed by atoms with van der Waals surface area (Å²) in [5.41, 5.74) is 1.67. The molecule has 0 saturated carbocycles. The number of nitrogens with zero attached hydrogens (tertiary/aromatic N) is 2. The molecule has 4 aromatic rings. The first-order valence-corrected chi connectivity index (χ1v) is 10.2. The van der Waals surface area contributed by atoms with Gasteiger partial charge >= 0.3 is 7.12 Å². The van der Waals surface area contributed by atoms with E-state index >= 15 is 0 Å². The molecule has 1 fully saturated rings. The van der Waals surface area contributed by atoms with E-state index < -0.39 is 7.12 Å². The van der Waals surface area contributed by atoms with E-state index in [0.29, 0.717) is 5.02 Å². The molecule has 1 saturated heterocycles. The summed E-state index contributed by atoms with van der Waals surface area (Å²) in [6.07, 6.45) is 0.437. The van der Waals surface area contributed by atoms with Crippen LogP contribution in [0.3, 0.4) is 0 Å². The van der Waals surface area contributed by atoms with Crippen molar-refractivity contribution in [2.24, 2.45) is 0 Å². The highest BCUT2D eigenvalue weighted by atomic mass is 35.5. The quantitative estimate of drug-likeness (QED) is 0.386. The van der Waals surface area contributed by atoms with Crippen LogP contribution in [0.15, 0.2) is 73.0 Å². The van der Waals surface area contributed by atoms with Crippen LogP contribution >= 0.6 is 11.6 Å². The molecule has 152 valence electrons. The number of rotatable bonds is 1. The Kier molecular flexibility index (Phi) is 4.88. The molecule has 4 nitrogen and oxygen atoms in total. The Bertz CT molecular complexity index is 1280. The summed E-state index contributed by atoms with van der Waals surface area (Å²) >= 11 is 5.90. The van der Waals surface area contributed by atoms with Crippen LogP contribution < -0.4 is 5.46 Å². The van der Waals surface area contributed by atoms with Gasteiger partial charge in [0.15, 0.2) is 0 Å². The van der Waals surface area contributed by atoms with Gasteiger partial charge in [0.05, 0.1) is 30.0 Å². The molecule has 30 heavy (non-hydrogen) atoms. The van der Waals surface area contributed by atoms with Gasteiger partial charge in [-0.2, -0.15) is 0 Å². The first-order chi connectivity index (χ1) is 15.1. The average Bonchev–Trinajstić information content (AvgIpc) is 2.94. The lowest BCUT2D eigenvalue weighted by Gasteiger charge is -2.32. The van der Waals surface area contributed by atoms with Crippen molar-refractivity contribution in [2.45, 2.75) is 38.9 Å². The van der Waals surface area contributed by atoms with Crippen LogP contribution in [0.2, 0.25) is 5.02 Å². The lowest BCUT2D eigenvalue weighted by molar-refractivity contribution is 0.00578. The highest BCUT2D eigenvalue weighted by Crippen LogP contribution is 2.36. The molecule has 0 radical (unpaired) electrons. The number of aromatic nitrogens is 2. The van der Waals surface area contributed by atoms with Gasteiger partial charge in [-0.25, -0.2) is 0 Å². The molecule has 0 aliphatic carbocycles. The molecule has 0 N–H and O–H groups in total. The predicted molar refractivity (Wildman–Crippen MR) is 124 cm³/mol. The van der Waals surface area contributed by atoms with Crippen LogP contribution in [0.5, 0.6) is 0 Å². The maximum absolute atomic E-state index is 7.86. The molecule has 0 unspecified atom stereocenters. The van der Waals surface area contributed by atoms with Crippen LogP contribution in [0.1, 0.15) is 30.4 Å². The van der Waals surface area contributed by atoms with E-state index in [-0.39, 0.29) is 23.5 Å². The summed E-state index contributed by atoms with van der Waals surface area (Å²) in [4.78, 5) is 8.25. The number of benzene rings is 2. The van der Waals surface area contributed by atoms with Gasteiger partial charge in [-0.15, -0.1) is 0 Å². The molecular formula is C24H24BClN2O2. The van der Waals surface area contributed by atoms with Gasteiger partial charge < -0.3 is 9.31 Å². The first-order valence-electron chi connectivity index (χ1n) is 10.8. The predicted octanol–water partition coefficient (Wildman–Crippen LogP) is 5.42. The Morgan fingerprint density at radius 2 is 1.27 bits per heavy atom. The summed E-state index contributed by atoms with van der Waals surface area (Å²) in [6, 6.07) is 18.6. The molecule has 0 atom stereocenters. The van der Waals surface area contributed by atoms with Crippen molar-refractivity contribution in [2.75, 3.05) is 0 Å². The fraction of sp³-hybridized carbons (Fsp3) is 0.250. The van der Waals surface area contributed by atoms with Gasteiger partial charge in [0.2, 0.25) is 0 Å². The second-order valence-electron chi connectivity index (χ2n) is 8.20. The van der Waals surface area contributed by atoms with Crippen molar-refractivity contribution in [3.05, 3.63) is 78.0 Å². The molecule has 1 aliphatic rings. The molecule has 2 aromatic carbocycles. The fourth-order valence-electron chi connectivity index (χ4n) is 3.24. The largest absolute Gasteiger partial charge is 0.495 e. The van der Waals surface area contributed by atoms with E-state index in [2.05, 4.69) is 9.97 Å². The highest BCUT2D eigenvalue weighted by molar-refractivity contribution is 6.65. The number of fused-ring (bicyclic) bond motifs is 2. The zero-order chi connectivity index (χ0) is 23.1. The Morgan fingerprint density at radius 1 is 0.767 bits per heavy atom. The monoisotopic (exact) mass is 420 g/mol. The summed E-state index contributed by atoms with van der Waals surface area (Å²) in [7, 11) is -0.461. The zero-order valence-corrected chi connectivity index (χ0v) is 18.2. The topological polar surface area (TPSA) is 44.2 Å². The first kappa shape index (κ1) is 18.3. The van der Waals surface area contributed by atoms with Crippen LogP contribution in [0, 0.1) is 0 Å². The van der Waals surface area contributed by atoms with Gasteiger partial charge in [-0.1, -0.05) is 48.0 Å². The number of hydrogen-bond donors (Lipinski definition) is 0. The standard InChI is InChI=1S/C15H18BNO2.C9H6ClN/c1-14(2)15(3,4)19-16(18-14)12-9-10-17-13-8-6-5-7-11(12)13;10-8-5-6-11-9-4-2-1-3-7(8)9/h5-10H,1-4H3;1-6H/i10D;6D. The number of hydrogen-bond acceptors (Lipinski definition) is 4. The minimum absolute atomic E-state index is 0.207. The average molecular weight is 421 g/mol. The third kappa shape index (κ3) is 3.93. The van der Waals surface area contributed by atoms with Crippen molar-refractivity contribution < 1.29 is 12.1 Å². The molecule has 3 heterocycles. The van der Waals surface area contributed by atoms with E-state index in [1.807, 2.05) is 76.2 Å². The molecule has 0 spiro atoms. The zero-order valence-electron chi connectivity index (χ0n) is 19.4. The van der Waals surface area contributed by atoms with Crippen LogP contribution in [0.4, 0.5) is 0 Å². The third-order valence-electron chi connectivity index (χ3n) is 5.66. The van der Waals surface area contributed by atoms with Gasteiger partial charge in [-0.05, 0) is 62.8 Å². The maximum Gasteiger partial charge on any atom is 0.495 e. The summed E-state index contributed by atoms with van der Waals surface area (Å²) in [5, 5.41) is 2.46. The molecular weight excluding hydrogens is 395 g/mol. The summed E-state index contributed by atoms with van der Waals surface area (Å²) in [6.45, 7) is 8.10. The Balaban J connectivity index is 0.000000174. The molecule has 6 heteroatoms. The highest BCUT2D eigenvalue weighted by Gasteiger charge is 2.52. The van der Waals surface area contributed by atoms with Crippen molar-refractivity contribution >= 4 is 46.0 Å². The van der Waals surface area contributed by atoms with Crippen molar-refractivity contribution in [1.82, 2.24) is 9.97 Å². The van der Waals surface area contributed by atoms with Crippen LogP contribution in [0.25, 0.3) is 21.8 Å². The second kappa shape index (κ2) is 7.99. The maximum atomic E-state index is 7.86. The molecule has 5 rings (SSSR count). The number of halogens is 1. The molecule has 0 amide bonds. The normalized spacial score (nSPS) is 18.0. The van der Waals surface area contributed by atoms with Gasteiger partial charge in [0, 0.05) is 17.7 Å². The van der Waals surface area contributed by atoms with Crippen molar-refractivity contribution in [3.8, 4) is 0 Å². The van der Waals surface area contributed by atoms with Gasteiger partial charge in [-0.3, -0.25) is 9.97 Å². The Hall–Kier alpha value is -2.47. The van der Waals surface area contributed by atoms with Crippen LogP contribution in [-0.2, 0) is 9.31 Å². The van der Waals surface area contributed by atoms with Crippen LogP contribution in [-0.4, -0.2) is 28.3 Å². The molecule has 2 aromatic heterocycles. The fourth-order valence-corrected chi connectivity index (χ4v) is 3.45. The summed E-state index contributed by atoms with van der Waals surface area (Å²) in [5.74, 6) is 0. The van der Waals surface area contributed by atoms with E-state index in [0.717, 1.165) is 27.3 Å². The molecule has 0 bridgehead atoms. The molecule has 1 aliphatic heterocycles. The second-order valence-corrected chi connectivity index (χ2v) is 8.60. The number of pyridine rings is 2. The smallest absolute Gasteiger partial charge is 0.399 e. The third-order valence-corrected chi connectivity index (χ3v) is 5.98. The van der Waals surface area contributed by atoms with E-state index in [1.165, 1.54) is 0 Å².